The van der Waals surface area contributed by atoms with Gasteiger partial charge < -0.3 is 16.4 Å². The van der Waals surface area contributed by atoms with Gasteiger partial charge in [0.25, 0.3) is 5.91 Å². The Morgan fingerprint density at radius 2 is 1.86 bits per heavy atom. The molecule has 1 aliphatic rings. The van der Waals surface area contributed by atoms with Crippen LogP contribution >= 0.6 is 0 Å². The summed E-state index contributed by atoms with van der Waals surface area (Å²) >= 11 is 0. The molecule has 6 heteroatoms. The van der Waals surface area contributed by atoms with Crippen LogP contribution in [0.1, 0.15) is 23.2 Å². The Morgan fingerprint density at radius 3 is 2.43 bits per heavy atom. The van der Waals surface area contributed by atoms with Crippen molar-refractivity contribution in [2.24, 2.45) is 0 Å². The van der Waals surface area contributed by atoms with Crippen molar-refractivity contribution in [3.63, 3.8) is 0 Å². The van der Waals surface area contributed by atoms with E-state index in [1.807, 2.05) is 0 Å². The molecule has 2 amide bonds. The summed E-state index contributed by atoms with van der Waals surface area (Å²) in [6, 6.07) is 7.06. The molecule has 0 radical (unpaired) electrons. The summed E-state index contributed by atoms with van der Waals surface area (Å²) in [6.07, 6.45) is 1.72. The van der Waals surface area contributed by atoms with Crippen LogP contribution in [0.25, 0.3) is 0 Å². The summed E-state index contributed by atoms with van der Waals surface area (Å²) in [5.74, 6) is -0.0425. The van der Waals surface area contributed by atoms with Crippen molar-refractivity contribution in [1.29, 1.82) is 0 Å². The zero-order valence-corrected chi connectivity index (χ0v) is 12.3. The third kappa shape index (κ3) is 4.46. The molecular weight excluding hydrogens is 268 g/mol. The van der Waals surface area contributed by atoms with E-state index in [9.17, 15) is 9.59 Å². The van der Waals surface area contributed by atoms with Crippen LogP contribution in [-0.4, -0.2) is 49.4 Å². The van der Waals surface area contributed by atoms with Gasteiger partial charge in [0.15, 0.2) is 0 Å². The Labute approximate surface area is 124 Å². The highest BCUT2D eigenvalue weighted by Crippen LogP contribution is 2.12. The first-order valence-corrected chi connectivity index (χ1v) is 7.18. The molecule has 0 spiro atoms. The maximum atomic E-state index is 12.1. The van der Waals surface area contributed by atoms with Gasteiger partial charge in [0, 0.05) is 37.4 Å². The summed E-state index contributed by atoms with van der Waals surface area (Å²) < 4.78 is 0. The number of nitrogens with two attached hydrogens (primary N) is 1. The number of carbonyl (C=O) groups excluding carboxylic acids is 2. The number of likely N-dealkylation sites (N-methyl/N-ethyl adjacent to an activating group) is 1. The number of likely N-dealkylation sites (tertiary alicyclic amines) is 1. The van der Waals surface area contributed by atoms with Crippen molar-refractivity contribution < 1.29 is 9.59 Å². The van der Waals surface area contributed by atoms with E-state index in [0.29, 0.717) is 17.8 Å². The minimum atomic E-state index is -0.0697. The van der Waals surface area contributed by atoms with E-state index in [1.54, 1.807) is 31.3 Å². The molecule has 0 unspecified atom stereocenters. The standard InChI is InChI=1S/C15H22N4O2/c1-17-14(20)10-19-8-6-13(7-9-19)18-15(21)11-2-4-12(16)5-3-11/h2-5,13H,6-10,16H2,1H3,(H,17,20)(H,18,21). The second-order valence-corrected chi connectivity index (χ2v) is 5.32. The normalized spacial score (nSPS) is 16.4. The maximum Gasteiger partial charge on any atom is 0.251 e. The van der Waals surface area contributed by atoms with Gasteiger partial charge in [0.2, 0.25) is 5.91 Å². The second-order valence-electron chi connectivity index (χ2n) is 5.32. The first kappa shape index (κ1) is 15.3. The lowest BCUT2D eigenvalue weighted by molar-refractivity contribution is -0.122. The molecule has 0 atom stereocenters. The van der Waals surface area contributed by atoms with Gasteiger partial charge >= 0.3 is 0 Å². The van der Waals surface area contributed by atoms with Crippen LogP contribution in [0.2, 0.25) is 0 Å². The van der Waals surface area contributed by atoms with Gasteiger partial charge in [-0.25, -0.2) is 0 Å². The summed E-state index contributed by atoms with van der Waals surface area (Å²) in [4.78, 5) is 25.5. The smallest absolute Gasteiger partial charge is 0.251 e. The molecule has 1 aromatic carbocycles. The lowest BCUT2D eigenvalue weighted by atomic mass is 10.0. The van der Waals surface area contributed by atoms with E-state index in [1.165, 1.54) is 0 Å². The maximum absolute atomic E-state index is 12.1. The first-order chi connectivity index (χ1) is 10.1. The highest BCUT2D eigenvalue weighted by atomic mass is 16.2. The van der Waals surface area contributed by atoms with Gasteiger partial charge in [-0.15, -0.1) is 0 Å². The van der Waals surface area contributed by atoms with Crippen LogP contribution in [0.15, 0.2) is 24.3 Å². The Morgan fingerprint density at radius 1 is 1.24 bits per heavy atom. The molecule has 1 fully saturated rings. The van der Waals surface area contributed by atoms with E-state index < -0.39 is 0 Å². The Balaban J connectivity index is 1.79. The Bertz CT molecular complexity index is 493. The fourth-order valence-electron chi connectivity index (χ4n) is 2.42. The van der Waals surface area contributed by atoms with Gasteiger partial charge in [-0.05, 0) is 37.1 Å². The molecule has 1 aliphatic heterocycles. The third-order valence-corrected chi connectivity index (χ3v) is 3.74. The molecule has 114 valence electrons. The van der Waals surface area contributed by atoms with Crippen LogP contribution in [0, 0.1) is 0 Å². The fraction of sp³-hybridized carbons (Fsp3) is 0.467. The highest BCUT2D eigenvalue weighted by Gasteiger charge is 2.22. The van der Waals surface area contributed by atoms with E-state index in [-0.39, 0.29) is 17.9 Å². The molecule has 21 heavy (non-hydrogen) atoms. The number of rotatable bonds is 4. The van der Waals surface area contributed by atoms with Gasteiger partial charge in [0.1, 0.15) is 0 Å². The van der Waals surface area contributed by atoms with Crippen molar-refractivity contribution in [1.82, 2.24) is 15.5 Å². The first-order valence-electron chi connectivity index (χ1n) is 7.18. The molecular formula is C15H22N4O2. The Hall–Kier alpha value is -2.08. The molecule has 0 aromatic heterocycles. The quantitative estimate of drug-likeness (QED) is 0.692. The van der Waals surface area contributed by atoms with Crippen molar-refractivity contribution in [3.8, 4) is 0 Å². The van der Waals surface area contributed by atoms with E-state index in [0.717, 1.165) is 25.9 Å². The summed E-state index contributed by atoms with van der Waals surface area (Å²) in [5.41, 5.74) is 6.88. The molecule has 1 heterocycles. The average molecular weight is 290 g/mol. The minimum absolute atomic E-state index is 0.0272. The lowest BCUT2D eigenvalue weighted by Crippen LogP contribution is -2.47. The van der Waals surface area contributed by atoms with E-state index in [2.05, 4.69) is 15.5 Å². The highest BCUT2D eigenvalue weighted by molar-refractivity contribution is 5.94. The predicted octanol–water partition coefficient (Wildman–Crippen LogP) is 0.209. The molecule has 1 aromatic rings. The van der Waals surface area contributed by atoms with Crippen molar-refractivity contribution in [3.05, 3.63) is 29.8 Å². The van der Waals surface area contributed by atoms with Gasteiger partial charge in [-0.3, -0.25) is 14.5 Å². The van der Waals surface area contributed by atoms with Crippen LogP contribution in [0.4, 0.5) is 5.69 Å². The monoisotopic (exact) mass is 290 g/mol. The van der Waals surface area contributed by atoms with Crippen LogP contribution in [0.5, 0.6) is 0 Å². The molecule has 0 bridgehead atoms. The van der Waals surface area contributed by atoms with Crippen molar-refractivity contribution in [2.45, 2.75) is 18.9 Å². The number of nitrogens with zero attached hydrogens (tertiary/aromatic N) is 1. The molecule has 6 nitrogen and oxygen atoms in total. The number of amides is 2. The third-order valence-electron chi connectivity index (χ3n) is 3.74. The minimum Gasteiger partial charge on any atom is -0.399 e. The zero-order chi connectivity index (χ0) is 15.2. The number of benzene rings is 1. The fourth-order valence-corrected chi connectivity index (χ4v) is 2.42. The number of nitrogens with one attached hydrogen (secondary N) is 2. The van der Waals surface area contributed by atoms with Crippen LogP contribution in [0.3, 0.4) is 0 Å². The number of anilines is 1. The van der Waals surface area contributed by atoms with Gasteiger partial charge in [0.05, 0.1) is 6.54 Å². The largest absolute Gasteiger partial charge is 0.399 e. The predicted molar refractivity (Wildman–Crippen MR) is 81.8 cm³/mol. The lowest BCUT2D eigenvalue weighted by Gasteiger charge is -2.31. The zero-order valence-electron chi connectivity index (χ0n) is 12.3. The van der Waals surface area contributed by atoms with Crippen molar-refractivity contribution in [2.75, 3.05) is 32.4 Å². The average Bonchev–Trinajstić information content (AvgIpc) is 2.49. The van der Waals surface area contributed by atoms with Gasteiger partial charge in [-0.2, -0.15) is 0 Å². The number of nitrogen functional groups attached to an aromatic ring is 1. The van der Waals surface area contributed by atoms with E-state index in [4.69, 9.17) is 5.73 Å². The summed E-state index contributed by atoms with van der Waals surface area (Å²) in [7, 11) is 1.64. The Kier molecular flexibility index (Phi) is 5.16. The number of hydrogen-bond acceptors (Lipinski definition) is 4. The molecule has 1 saturated heterocycles. The number of piperidine rings is 1. The topological polar surface area (TPSA) is 87.5 Å². The van der Waals surface area contributed by atoms with Gasteiger partial charge in [-0.1, -0.05) is 0 Å². The second kappa shape index (κ2) is 7.08. The molecule has 4 N–H and O–H groups in total. The summed E-state index contributed by atoms with van der Waals surface area (Å²) in [6.45, 7) is 2.06. The number of hydrogen-bond donors (Lipinski definition) is 3. The van der Waals surface area contributed by atoms with Crippen molar-refractivity contribution >= 4 is 17.5 Å². The van der Waals surface area contributed by atoms with Crippen LogP contribution < -0.4 is 16.4 Å². The molecule has 0 saturated carbocycles. The molecule has 2 rings (SSSR count). The summed E-state index contributed by atoms with van der Waals surface area (Å²) in [5, 5.41) is 5.66. The SMILES string of the molecule is CNC(=O)CN1CCC(NC(=O)c2ccc(N)cc2)CC1. The molecule has 0 aliphatic carbocycles. The van der Waals surface area contributed by atoms with Crippen LogP contribution in [-0.2, 0) is 4.79 Å². The number of carbonyl (C=O) groups is 2. The van der Waals surface area contributed by atoms with E-state index >= 15 is 0 Å².